The van der Waals surface area contributed by atoms with Crippen molar-refractivity contribution in [3.05, 3.63) is 71.3 Å². The number of amides is 1. The van der Waals surface area contributed by atoms with Crippen molar-refractivity contribution >= 4 is 35.8 Å². The molecule has 2 rings (SSSR count). The second kappa shape index (κ2) is 15.6. The lowest BCUT2D eigenvalue weighted by Gasteiger charge is -2.14. The first-order valence-electron chi connectivity index (χ1n) is 10.7. The minimum absolute atomic E-state index is 0. The van der Waals surface area contributed by atoms with Gasteiger partial charge in [-0.25, -0.2) is 4.99 Å². The Morgan fingerprint density at radius 1 is 0.968 bits per heavy atom. The van der Waals surface area contributed by atoms with Crippen molar-refractivity contribution in [2.45, 2.75) is 39.8 Å². The monoisotopic (exact) mass is 538 g/mol. The number of nitrogens with one attached hydrogen (secondary N) is 3. The number of carbonyl (C=O) groups excluding carboxylic acids is 1. The van der Waals surface area contributed by atoms with Crippen molar-refractivity contribution < 1.29 is 9.53 Å². The van der Waals surface area contributed by atoms with Gasteiger partial charge in [0.05, 0.1) is 12.6 Å². The third-order valence-corrected chi connectivity index (χ3v) is 4.57. The summed E-state index contributed by atoms with van der Waals surface area (Å²) in [5.41, 5.74) is 2.91. The van der Waals surface area contributed by atoms with Crippen molar-refractivity contribution in [2.24, 2.45) is 4.99 Å². The van der Waals surface area contributed by atoms with Gasteiger partial charge in [-0.3, -0.25) is 4.79 Å². The third-order valence-electron chi connectivity index (χ3n) is 4.57. The van der Waals surface area contributed by atoms with E-state index in [4.69, 9.17) is 4.74 Å². The number of nitrogens with zero attached hydrogens (tertiary/aromatic N) is 1. The molecular formula is C24H35IN4O2. The quantitative estimate of drug-likeness (QED) is 0.173. The van der Waals surface area contributed by atoms with Crippen molar-refractivity contribution in [2.75, 3.05) is 26.2 Å². The van der Waals surface area contributed by atoms with Gasteiger partial charge in [-0.2, -0.15) is 0 Å². The van der Waals surface area contributed by atoms with Gasteiger partial charge in [0.15, 0.2) is 5.96 Å². The summed E-state index contributed by atoms with van der Waals surface area (Å²) in [6.45, 7) is 9.46. The van der Waals surface area contributed by atoms with Crippen LogP contribution in [-0.2, 0) is 11.3 Å². The highest BCUT2D eigenvalue weighted by molar-refractivity contribution is 14.0. The highest BCUT2D eigenvalue weighted by Crippen LogP contribution is 2.15. The van der Waals surface area contributed by atoms with Gasteiger partial charge in [0.25, 0.3) is 5.91 Å². The van der Waals surface area contributed by atoms with Gasteiger partial charge in [-0.05, 0) is 50.5 Å². The number of aliphatic imine (C=N–C) groups is 1. The predicted octanol–water partition coefficient (Wildman–Crippen LogP) is 4.28. The second-order valence-corrected chi connectivity index (χ2v) is 6.96. The molecule has 3 N–H and O–H groups in total. The predicted molar refractivity (Wildman–Crippen MR) is 138 cm³/mol. The maximum absolute atomic E-state index is 11.8. The van der Waals surface area contributed by atoms with E-state index in [9.17, 15) is 4.79 Å². The fourth-order valence-electron chi connectivity index (χ4n) is 2.90. The number of halogens is 1. The molecule has 31 heavy (non-hydrogen) atoms. The summed E-state index contributed by atoms with van der Waals surface area (Å²) in [4.78, 5) is 16.5. The van der Waals surface area contributed by atoms with Gasteiger partial charge < -0.3 is 20.7 Å². The van der Waals surface area contributed by atoms with E-state index in [1.165, 1.54) is 5.56 Å². The summed E-state index contributed by atoms with van der Waals surface area (Å²) in [5, 5.41) is 9.41. The molecule has 0 aromatic heterocycles. The molecule has 0 saturated heterocycles. The smallest absolute Gasteiger partial charge is 0.251 e. The summed E-state index contributed by atoms with van der Waals surface area (Å²) in [6.07, 6.45) is 0.985. The molecule has 0 spiro atoms. The lowest BCUT2D eigenvalue weighted by molar-refractivity contribution is 0.0646. The molecule has 1 unspecified atom stereocenters. The van der Waals surface area contributed by atoms with Crippen molar-refractivity contribution in [3.8, 4) is 0 Å². The lowest BCUT2D eigenvalue weighted by Crippen LogP contribution is -2.38. The zero-order chi connectivity index (χ0) is 21.6. The Kier molecular flexibility index (Phi) is 13.6. The normalized spacial score (nSPS) is 11.9. The molecule has 0 aliphatic carbocycles. The van der Waals surface area contributed by atoms with E-state index in [0.29, 0.717) is 25.3 Å². The molecule has 0 saturated carbocycles. The van der Waals surface area contributed by atoms with Crippen LogP contribution < -0.4 is 16.0 Å². The summed E-state index contributed by atoms with van der Waals surface area (Å²) in [7, 11) is 0. The van der Waals surface area contributed by atoms with E-state index in [1.54, 1.807) is 0 Å². The Labute approximate surface area is 203 Å². The largest absolute Gasteiger partial charge is 0.374 e. The average Bonchev–Trinajstić information content (AvgIpc) is 2.78. The number of carbonyl (C=O) groups is 1. The molecule has 1 atom stereocenters. The van der Waals surface area contributed by atoms with E-state index in [0.717, 1.165) is 31.0 Å². The van der Waals surface area contributed by atoms with E-state index >= 15 is 0 Å². The fraction of sp³-hybridized carbons (Fsp3) is 0.417. The second-order valence-electron chi connectivity index (χ2n) is 6.96. The Morgan fingerprint density at radius 3 is 2.29 bits per heavy atom. The van der Waals surface area contributed by atoms with E-state index < -0.39 is 0 Å². The molecule has 0 radical (unpaired) electrons. The first kappa shape index (κ1) is 26.9. The van der Waals surface area contributed by atoms with Crippen LogP contribution in [0.2, 0.25) is 0 Å². The van der Waals surface area contributed by atoms with Crippen LogP contribution in [0.4, 0.5) is 0 Å². The summed E-state index contributed by atoms with van der Waals surface area (Å²) in [6, 6.07) is 17.8. The molecule has 0 heterocycles. The first-order chi connectivity index (χ1) is 14.6. The molecule has 2 aromatic rings. The first-order valence-corrected chi connectivity index (χ1v) is 10.7. The molecule has 1 amide bonds. The molecule has 0 fully saturated rings. The molecule has 0 aliphatic rings. The standard InChI is InChI=1S/C24H34N4O2.HI/c1-4-25-23(29)22-14-12-20(13-15-22)18-28-24(26-5-2)27-16-9-17-30-19(3)21-10-7-6-8-11-21;/h6-8,10-15,19H,4-5,9,16-18H2,1-3H3,(H,25,29)(H2,26,27,28);1H. The zero-order valence-corrected chi connectivity index (χ0v) is 21.0. The molecule has 6 nitrogen and oxygen atoms in total. The number of ether oxygens (including phenoxy) is 1. The van der Waals surface area contributed by atoms with E-state index in [-0.39, 0.29) is 36.0 Å². The highest BCUT2D eigenvalue weighted by atomic mass is 127. The summed E-state index contributed by atoms with van der Waals surface area (Å²) >= 11 is 0. The van der Waals surface area contributed by atoms with Crippen LogP contribution in [0, 0.1) is 0 Å². The molecule has 170 valence electrons. The van der Waals surface area contributed by atoms with Crippen molar-refractivity contribution in [1.82, 2.24) is 16.0 Å². The van der Waals surface area contributed by atoms with E-state index in [1.807, 2.05) is 56.3 Å². The van der Waals surface area contributed by atoms with Crippen LogP contribution in [-0.4, -0.2) is 38.1 Å². The third kappa shape index (κ3) is 10.1. The van der Waals surface area contributed by atoms with Crippen molar-refractivity contribution in [3.63, 3.8) is 0 Å². The number of hydrogen-bond acceptors (Lipinski definition) is 3. The van der Waals surface area contributed by atoms with Gasteiger partial charge in [0, 0.05) is 31.8 Å². The fourth-order valence-corrected chi connectivity index (χ4v) is 2.90. The Balaban J connectivity index is 0.00000480. The Morgan fingerprint density at radius 2 is 1.65 bits per heavy atom. The topological polar surface area (TPSA) is 74.8 Å². The van der Waals surface area contributed by atoms with Crippen LogP contribution in [0.15, 0.2) is 59.6 Å². The summed E-state index contributed by atoms with van der Waals surface area (Å²) in [5.74, 6) is 0.729. The van der Waals surface area contributed by atoms with Gasteiger partial charge in [-0.1, -0.05) is 42.5 Å². The van der Waals surface area contributed by atoms with Gasteiger partial charge in [0.2, 0.25) is 0 Å². The Hall–Kier alpha value is -2.13. The Bertz CT molecular complexity index is 782. The zero-order valence-electron chi connectivity index (χ0n) is 18.7. The summed E-state index contributed by atoms with van der Waals surface area (Å²) < 4.78 is 5.91. The average molecular weight is 538 g/mol. The van der Waals surface area contributed by atoms with Crippen LogP contribution in [0.1, 0.15) is 54.8 Å². The van der Waals surface area contributed by atoms with Crippen LogP contribution in [0.25, 0.3) is 0 Å². The van der Waals surface area contributed by atoms with Crippen LogP contribution >= 0.6 is 24.0 Å². The van der Waals surface area contributed by atoms with Gasteiger partial charge in [-0.15, -0.1) is 24.0 Å². The van der Waals surface area contributed by atoms with Crippen molar-refractivity contribution in [1.29, 1.82) is 0 Å². The van der Waals surface area contributed by atoms with E-state index in [2.05, 4.69) is 40.0 Å². The maximum Gasteiger partial charge on any atom is 0.251 e. The lowest BCUT2D eigenvalue weighted by atomic mass is 10.1. The molecule has 7 heteroatoms. The SMILES string of the molecule is CCNC(=O)c1ccc(CN=C(NCC)NCCCOC(C)c2ccccc2)cc1.I. The minimum atomic E-state index is -0.0497. The molecule has 0 bridgehead atoms. The number of rotatable bonds is 11. The van der Waals surface area contributed by atoms with Crippen LogP contribution in [0.3, 0.4) is 0 Å². The number of hydrogen-bond donors (Lipinski definition) is 3. The van der Waals surface area contributed by atoms with Gasteiger partial charge in [0.1, 0.15) is 0 Å². The highest BCUT2D eigenvalue weighted by Gasteiger charge is 2.05. The molecule has 2 aromatic carbocycles. The van der Waals surface area contributed by atoms with Crippen LogP contribution in [0.5, 0.6) is 0 Å². The maximum atomic E-state index is 11.8. The number of guanidine groups is 1. The minimum Gasteiger partial charge on any atom is -0.374 e. The molecular weight excluding hydrogens is 503 g/mol. The number of benzene rings is 2. The molecule has 0 aliphatic heterocycles. The van der Waals surface area contributed by atoms with Gasteiger partial charge >= 0.3 is 0 Å².